The fraction of sp³-hybridized carbons (Fsp3) is 0.154. The molecule has 0 N–H and O–H groups in total. The Morgan fingerprint density at radius 2 is 2.00 bits per heavy atom. The largest absolute Gasteiger partial charge is 0.490 e. The van der Waals surface area contributed by atoms with Crippen molar-refractivity contribution < 1.29 is 4.74 Å². The lowest BCUT2D eigenvalue weighted by Crippen LogP contribution is -2.21. The van der Waals surface area contributed by atoms with E-state index in [0.717, 1.165) is 4.47 Å². The smallest absolute Gasteiger partial charge is 0.250 e. The van der Waals surface area contributed by atoms with Crippen molar-refractivity contribution >= 4 is 39.1 Å². The Balaban J connectivity index is 2.02. The molecule has 100 valence electrons. The third-order valence-corrected chi connectivity index (χ3v) is 3.45. The highest BCUT2D eigenvalue weighted by Crippen LogP contribution is 2.27. The lowest BCUT2D eigenvalue weighted by atomic mass is 10.3. The van der Waals surface area contributed by atoms with Crippen molar-refractivity contribution in [1.29, 1.82) is 0 Å². The fourth-order valence-corrected chi connectivity index (χ4v) is 2.23. The molecule has 2 aromatic rings. The molecule has 0 unspecified atom stereocenters. The minimum Gasteiger partial charge on any atom is -0.490 e. The standard InChI is InChI=1S/C13H10BrCl2NO2/c14-9-1-4-13(18)17(8-9)5-6-19-12-7-10(15)2-3-11(12)16/h1-4,7-8H,5-6H2. The van der Waals surface area contributed by atoms with Gasteiger partial charge in [-0.1, -0.05) is 23.2 Å². The van der Waals surface area contributed by atoms with E-state index in [1.807, 2.05) is 0 Å². The van der Waals surface area contributed by atoms with E-state index in [-0.39, 0.29) is 5.56 Å². The number of rotatable bonds is 4. The average Bonchev–Trinajstić information content (AvgIpc) is 2.38. The molecule has 0 fully saturated rings. The molecule has 0 aliphatic heterocycles. The first-order valence-corrected chi connectivity index (χ1v) is 7.05. The van der Waals surface area contributed by atoms with E-state index in [2.05, 4.69) is 15.9 Å². The van der Waals surface area contributed by atoms with Crippen LogP contribution in [0.1, 0.15) is 0 Å². The predicted octanol–water partition coefficient (Wildman–Crippen LogP) is 4.00. The normalized spacial score (nSPS) is 10.5. The van der Waals surface area contributed by atoms with Crippen LogP contribution in [0.3, 0.4) is 0 Å². The summed E-state index contributed by atoms with van der Waals surface area (Å²) in [7, 11) is 0. The molecule has 0 atom stereocenters. The summed E-state index contributed by atoms with van der Waals surface area (Å²) >= 11 is 15.1. The summed E-state index contributed by atoms with van der Waals surface area (Å²) in [5, 5.41) is 1.05. The van der Waals surface area contributed by atoms with Crippen molar-refractivity contribution in [3.63, 3.8) is 0 Å². The zero-order valence-corrected chi connectivity index (χ0v) is 12.9. The minimum atomic E-state index is -0.0796. The Morgan fingerprint density at radius 1 is 1.21 bits per heavy atom. The summed E-state index contributed by atoms with van der Waals surface area (Å²) < 4.78 is 7.92. The van der Waals surface area contributed by atoms with Gasteiger partial charge < -0.3 is 9.30 Å². The second kappa shape index (κ2) is 6.46. The van der Waals surface area contributed by atoms with Crippen LogP contribution in [0.25, 0.3) is 0 Å². The lowest BCUT2D eigenvalue weighted by Gasteiger charge is -2.10. The number of nitrogens with zero attached hydrogens (tertiary/aromatic N) is 1. The lowest BCUT2D eigenvalue weighted by molar-refractivity contribution is 0.296. The highest BCUT2D eigenvalue weighted by molar-refractivity contribution is 9.10. The van der Waals surface area contributed by atoms with Crippen LogP contribution in [0, 0.1) is 0 Å². The summed E-state index contributed by atoms with van der Waals surface area (Å²) in [6.45, 7) is 0.761. The van der Waals surface area contributed by atoms with E-state index in [1.54, 1.807) is 35.0 Å². The highest BCUT2D eigenvalue weighted by Gasteiger charge is 2.03. The van der Waals surface area contributed by atoms with Gasteiger partial charge in [0.1, 0.15) is 12.4 Å². The maximum absolute atomic E-state index is 11.6. The first-order chi connectivity index (χ1) is 9.06. The molecule has 2 rings (SSSR count). The van der Waals surface area contributed by atoms with E-state index < -0.39 is 0 Å². The quantitative estimate of drug-likeness (QED) is 0.823. The van der Waals surface area contributed by atoms with Crippen LogP contribution >= 0.6 is 39.1 Å². The van der Waals surface area contributed by atoms with Crippen LogP contribution in [-0.2, 0) is 6.54 Å². The molecule has 0 amide bonds. The Kier molecular flexibility index (Phi) is 4.91. The van der Waals surface area contributed by atoms with Crippen LogP contribution in [0.15, 0.2) is 45.8 Å². The molecule has 0 spiro atoms. The Morgan fingerprint density at radius 3 is 2.79 bits per heavy atom. The van der Waals surface area contributed by atoms with Crippen molar-refractivity contribution in [2.75, 3.05) is 6.61 Å². The van der Waals surface area contributed by atoms with Crippen molar-refractivity contribution in [2.24, 2.45) is 0 Å². The van der Waals surface area contributed by atoms with Gasteiger partial charge in [0, 0.05) is 27.8 Å². The number of aromatic nitrogens is 1. The fourth-order valence-electron chi connectivity index (χ4n) is 1.52. The minimum absolute atomic E-state index is 0.0796. The molecular weight excluding hydrogens is 353 g/mol. The van der Waals surface area contributed by atoms with Gasteiger partial charge in [-0.3, -0.25) is 4.79 Å². The second-order valence-electron chi connectivity index (χ2n) is 3.80. The highest BCUT2D eigenvalue weighted by atomic mass is 79.9. The zero-order valence-electron chi connectivity index (χ0n) is 9.78. The number of pyridine rings is 1. The van der Waals surface area contributed by atoms with Crippen molar-refractivity contribution in [2.45, 2.75) is 6.54 Å². The summed E-state index contributed by atoms with van der Waals surface area (Å²) in [5.74, 6) is 0.511. The molecule has 6 heteroatoms. The first kappa shape index (κ1) is 14.4. The molecular formula is C13H10BrCl2NO2. The topological polar surface area (TPSA) is 31.2 Å². The molecule has 1 heterocycles. The third kappa shape index (κ3) is 4.00. The van der Waals surface area contributed by atoms with E-state index >= 15 is 0 Å². The molecule has 3 nitrogen and oxygen atoms in total. The molecule has 0 aliphatic rings. The SMILES string of the molecule is O=c1ccc(Br)cn1CCOc1cc(Cl)ccc1Cl. The van der Waals surface area contributed by atoms with Crippen LogP contribution < -0.4 is 10.3 Å². The van der Waals surface area contributed by atoms with Crippen LogP contribution in [0.5, 0.6) is 5.75 Å². The van der Waals surface area contributed by atoms with Gasteiger partial charge in [-0.2, -0.15) is 0 Å². The summed E-state index contributed by atoms with van der Waals surface area (Å²) in [5.41, 5.74) is -0.0796. The zero-order chi connectivity index (χ0) is 13.8. The van der Waals surface area contributed by atoms with Gasteiger partial charge in [0.2, 0.25) is 0 Å². The van der Waals surface area contributed by atoms with Crippen LogP contribution in [0.4, 0.5) is 0 Å². The Labute approximate surface area is 128 Å². The van der Waals surface area contributed by atoms with Crippen molar-refractivity contribution in [3.8, 4) is 5.75 Å². The maximum Gasteiger partial charge on any atom is 0.250 e. The predicted molar refractivity (Wildman–Crippen MR) is 80.4 cm³/mol. The Hall–Kier alpha value is -0.970. The van der Waals surface area contributed by atoms with E-state index in [4.69, 9.17) is 27.9 Å². The number of hydrogen-bond donors (Lipinski definition) is 0. The Bertz CT molecular complexity index is 643. The number of ether oxygens (including phenoxy) is 1. The van der Waals surface area contributed by atoms with Gasteiger partial charge in [0.05, 0.1) is 11.6 Å². The van der Waals surface area contributed by atoms with Gasteiger partial charge in [-0.05, 0) is 34.1 Å². The number of hydrogen-bond acceptors (Lipinski definition) is 2. The van der Waals surface area contributed by atoms with Gasteiger partial charge in [-0.25, -0.2) is 0 Å². The van der Waals surface area contributed by atoms with Crippen molar-refractivity contribution in [1.82, 2.24) is 4.57 Å². The van der Waals surface area contributed by atoms with E-state index in [0.29, 0.717) is 28.9 Å². The third-order valence-electron chi connectivity index (χ3n) is 2.43. The molecule has 0 saturated heterocycles. The summed E-state index contributed by atoms with van der Waals surface area (Å²) in [6, 6.07) is 8.21. The van der Waals surface area contributed by atoms with Crippen molar-refractivity contribution in [3.05, 3.63) is 61.4 Å². The molecule has 0 saturated carbocycles. The molecule has 0 aliphatic carbocycles. The molecule has 1 aromatic heterocycles. The van der Waals surface area contributed by atoms with Crippen LogP contribution in [-0.4, -0.2) is 11.2 Å². The van der Waals surface area contributed by atoms with E-state index in [9.17, 15) is 4.79 Å². The molecule has 19 heavy (non-hydrogen) atoms. The molecule has 0 radical (unpaired) electrons. The molecule has 1 aromatic carbocycles. The summed E-state index contributed by atoms with van der Waals surface area (Å²) in [4.78, 5) is 11.6. The monoisotopic (exact) mass is 361 g/mol. The number of benzene rings is 1. The van der Waals surface area contributed by atoms with Gasteiger partial charge in [-0.15, -0.1) is 0 Å². The first-order valence-electron chi connectivity index (χ1n) is 5.50. The van der Waals surface area contributed by atoms with Crippen LogP contribution in [0.2, 0.25) is 10.0 Å². The molecule has 0 bridgehead atoms. The van der Waals surface area contributed by atoms with Gasteiger partial charge in [0.15, 0.2) is 0 Å². The van der Waals surface area contributed by atoms with Gasteiger partial charge >= 0.3 is 0 Å². The number of halogens is 3. The van der Waals surface area contributed by atoms with Gasteiger partial charge in [0.25, 0.3) is 5.56 Å². The average molecular weight is 363 g/mol. The van der Waals surface area contributed by atoms with E-state index in [1.165, 1.54) is 6.07 Å². The second-order valence-corrected chi connectivity index (χ2v) is 5.56. The maximum atomic E-state index is 11.6. The summed E-state index contributed by atoms with van der Waals surface area (Å²) in [6.07, 6.45) is 1.71.